The summed E-state index contributed by atoms with van der Waals surface area (Å²) < 4.78 is 36.6. The number of halogens is 2. The van der Waals surface area contributed by atoms with Crippen LogP contribution in [0, 0.1) is 29.9 Å². The van der Waals surface area contributed by atoms with Crippen LogP contribution < -0.4 is 10.1 Å². The largest absolute Gasteiger partial charge is 0.493 e. The van der Waals surface area contributed by atoms with Gasteiger partial charge < -0.3 is 15.0 Å². The summed E-state index contributed by atoms with van der Waals surface area (Å²) in [4.78, 5) is 22.5. The summed E-state index contributed by atoms with van der Waals surface area (Å²) in [5.74, 6) is -0.442. The maximum absolute atomic E-state index is 14.9. The van der Waals surface area contributed by atoms with Crippen molar-refractivity contribution in [2.24, 2.45) is 0 Å². The van der Waals surface area contributed by atoms with Gasteiger partial charge in [-0.2, -0.15) is 5.26 Å². The molecule has 8 nitrogen and oxygen atoms in total. The molecule has 0 atom stereocenters. The highest BCUT2D eigenvalue weighted by atomic mass is 19.1. The molecule has 1 aliphatic rings. The number of anilines is 1. The average molecular weight is 488 g/mol. The van der Waals surface area contributed by atoms with Gasteiger partial charge in [-0.3, -0.25) is 9.20 Å². The molecule has 0 aliphatic carbocycles. The Bertz CT molecular complexity index is 1570. The first-order chi connectivity index (χ1) is 17.3. The summed E-state index contributed by atoms with van der Waals surface area (Å²) >= 11 is 0. The molecule has 2 aromatic heterocycles. The third-order valence-electron chi connectivity index (χ3n) is 6.21. The second-order valence-electron chi connectivity index (χ2n) is 8.73. The topological polar surface area (TPSA) is 95.5 Å². The molecule has 0 saturated heterocycles. The van der Waals surface area contributed by atoms with Crippen LogP contribution in [0.15, 0.2) is 36.7 Å². The normalized spacial score (nSPS) is 12.2. The first-order valence-electron chi connectivity index (χ1n) is 11.3. The molecule has 36 heavy (non-hydrogen) atoms. The molecule has 5 rings (SSSR count). The van der Waals surface area contributed by atoms with Gasteiger partial charge >= 0.3 is 0 Å². The van der Waals surface area contributed by atoms with Gasteiger partial charge in [0.15, 0.2) is 11.3 Å². The van der Waals surface area contributed by atoms with E-state index in [2.05, 4.69) is 15.3 Å². The van der Waals surface area contributed by atoms with E-state index in [0.29, 0.717) is 52.6 Å². The summed E-state index contributed by atoms with van der Waals surface area (Å²) in [5.41, 5.74) is 3.42. The van der Waals surface area contributed by atoms with Crippen molar-refractivity contribution < 1.29 is 18.3 Å². The second kappa shape index (κ2) is 8.92. The number of amides is 1. The minimum absolute atomic E-state index is 0.0361. The molecule has 0 saturated carbocycles. The van der Waals surface area contributed by atoms with Crippen molar-refractivity contribution in [2.45, 2.75) is 19.9 Å². The van der Waals surface area contributed by atoms with E-state index >= 15 is 0 Å². The summed E-state index contributed by atoms with van der Waals surface area (Å²) in [6, 6.07) is 7.78. The number of nitrogens with one attached hydrogen (secondary N) is 1. The first-order valence-corrected chi connectivity index (χ1v) is 11.3. The molecule has 1 N–H and O–H groups in total. The van der Waals surface area contributed by atoms with Gasteiger partial charge in [-0.15, -0.1) is 0 Å². The molecule has 0 fully saturated rings. The van der Waals surface area contributed by atoms with Gasteiger partial charge in [-0.05, 0) is 42.3 Å². The van der Waals surface area contributed by atoms with Crippen LogP contribution in [0.4, 0.5) is 14.7 Å². The first kappa shape index (κ1) is 23.2. The molecule has 10 heteroatoms. The Labute approximate surface area is 205 Å². The number of aromatic nitrogens is 3. The van der Waals surface area contributed by atoms with Gasteiger partial charge in [0.05, 0.1) is 18.4 Å². The van der Waals surface area contributed by atoms with Gasteiger partial charge in [-0.1, -0.05) is 0 Å². The van der Waals surface area contributed by atoms with E-state index < -0.39 is 11.7 Å². The Balaban J connectivity index is 1.56. The van der Waals surface area contributed by atoms with Gasteiger partial charge in [-0.25, -0.2) is 18.7 Å². The fraction of sp³-hybridized carbons (Fsp3) is 0.231. The number of carbonyl (C=O) groups excluding carboxylic acids is 1. The molecule has 0 radical (unpaired) electrons. The second-order valence-corrected chi connectivity index (χ2v) is 8.73. The number of aryl methyl sites for hydroxylation is 1. The number of nitriles is 1. The van der Waals surface area contributed by atoms with Crippen LogP contribution in [0.5, 0.6) is 5.75 Å². The SMILES string of the molecule is Cc1cc(C(=O)N(C)C)c(F)cc1-c1cnc(NCc2c(F)ccc3c2CCO3)n2cc(C#N)nc12. The third-order valence-corrected chi connectivity index (χ3v) is 6.21. The minimum atomic E-state index is -0.669. The lowest BCUT2D eigenvalue weighted by molar-refractivity contribution is 0.0823. The van der Waals surface area contributed by atoms with Crippen LogP contribution >= 0.6 is 0 Å². The number of hydrogen-bond acceptors (Lipinski definition) is 6. The van der Waals surface area contributed by atoms with Crippen LogP contribution in [0.3, 0.4) is 0 Å². The lowest BCUT2D eigenvalue weighted by atomic mass is 9.99. The highest BCUT2D eigenvalue weighted by Gasteiger charge is 2.22. The predicted molar refractivity (Wildman–Crippen MR) is 129 cm³/mol. The maximum atomic E-state index is 14.9. The average Bonchev–Trinajstić information content (AvgIpc) is 3.51. The molecule has 2 aromatic carbocycles. The van der Waals surface area contributed by atoms with E-state index in [1.165, 1.54) is 35.5 Å². The number of nitrogens with zero attached hydrogens (tertiary/aromatic N) is 5. The Kier molecular flexibility index (Phi) is 5.76. The quantitative estimate of drug-likeness (QED) is 0.455. The van der Waals surface area contributed by atoms with Crippen LogP contribution in [0.2, 0.25) is 0 Å². The summed E-state index contributed by atoms with van der Waals surface area (Å²) in [6.45, 7) is 2.42. The van der Waals surface area contributed by atoms with E-state index in [1.54, 1.807) is 31.5 Å². The summed E-state index contributed by atoms with van der Waals surface area (Å²) in [5, 5.41) is 12.6. The lowest BCUT2D eigenvalue weighted by Gasteiger charge is -2.15. The van der Waals surface area contributed by atoms with E-state index in [-0.39, 0.29) is 23.6 Å². The molecule has 4 aromatic rings. The fourth-order valence-electron chi connectivity index (χ4n) is 4.40. The van der Waals surface area contributed by atoms with Crippen molar-refractivity contribution in [3.05, 3.63) is 76.2 Å². The predicted octanol–water partition coefficient (Wildman–Crippen LogP) is 4.10. The van der Waals surface area contributed by atoms with Crippen LogP contribution in [-0.2, 0) is 13.0 Å². The molecular weight excluding hydrogens is 466 g/mol. The molecule has 0 unspecified atom stereocenters. The molecule has 182 valence electrons. The Hall–Kier alpha value is -4.52. The number of rotatable bonds is 5. The van der Waals surface area contributed by atoms with E-state index in [9.17, 15) is 18.8 Å². The van der Waals surface area contributed by atoms with Crippen LogP contribution in [-0.4, -0.2) is 45.9 Å². The van der Waals surface area contributed by atoms with Gasteiger partial charge in [0.2, 0.25) is 5.95 Å². The lowest BCUT2D eigenvalue weighted by Crippen LogP contribution is -2.23. The van der Waals surface area contributed by atoms with Crippen molar-refractivity contribution in [3.63, 3.8) is 0 Å². The number of fused-ring (bicyclic) bond motifs is 2. The molecule has 0 bridgehead atoms. The number of hydrogen-bond donors (Lipinski definition) is 1. The number of benzene rings is 2. The van der Waals surface area contributed by atoms with Crippen LogP contribution in [0.25, 0.3) is 16.8 Å². The molecular formula is C26H22F2N6O2. The van der Waals surface area contributed by atoms with E-state index in [0.717, 1.165) is 5.56 Å². The van der Waals surface area contributed by atoms with Gasteiger partial charge in [0, 0.05) is 49.9 Å². The molecule has 1 amide bonds. The summed E-state index contributed by atoms with van der Waals surface area (Å²) in [6.07, 6.45) is 3.65. The molecule has 0 spiro atoms. The van der Waals surface area contributed by atoms with Crippen molar-refractivity contribution in [2.75, 3.05) is 26.0 Å². The summed E-state index contributed by atoms with van der Waals surface area (Å²) in [7, 11) is 3.11. The van der Waals surface area contributed by atoms with Gasteiger partial charge in [0.1, 0.15) is 23.5 Å². The van der Waals surface area contributed by atoms with Crippen LogP contribution in [0.1, 0.15) is 32.7 Å². The monoisotopic (exact) mass is 488 g/mol. The zero-order valence-electron chi connectivity index (χ0n) is 19.9. The Morgan fingerprint density at radius 3 is 2.81 bits per heavy atom. The number of imidazole rings is 1. The smallest absolute Gasteiger partial charge is 0.256 e. The van der Waals surface area contributed by atoms with E-state index in [4.69, 9.17) is 4.74 Å². The highest BCUT2D eigenvalue weighted by molar-refractivity contribution is 5.95. The number of carbonyl (C=O) groups is 1. The van der Waals surface area contributed by atoms with Crippen molar-refractivity contribution in [1.29, 1.82) is 5.26 Å². The zero-order valence-corrected chi connectivity index (χ0v) is 19.9. The Morgan fingerprint density at radius 2 is 2.06 bits per heavy atom. The molecule has 1 aliphatic heterocycles. The highest BCUT2D eigenvalue weighted by Crippen LogP contribution is 2.32. The zero-order chi connectivity index (χ0) is 25.6. The maximum Gasteiger partial charge on any atom is 0.256 e. The fourth-order valence-corrected chi connectivity index (χ4v) is 4.40. The van der Waals surface area contributed by atoms with Crippen molar-refractivity contribution >= 4 is 17.5 Å². The molecule has 3 heterocycles. The van der Waals surface area contributed by atoms with Crippen molar-refractivity contribution in [1.82, 2.24) is 19.3 Å². The standard InChI is InChI=1S/C26H22F2N6O2/c1-14-8-18(25(35)33(2)3)22(28)9-17(14)20-12-31-26(34-13-15(10-29)32-24(20)34)30-11-19-16-6-7-36-23(16)5-4-21(19)27/h4-5,8-9,12-13H,6-7,11H2,1-3H3,(H,30,31). The Morgan fingerprint density at radius 1 is 1.25 bits per heavy atom. The minimum Gasteiger partial charge on any atom is -0.493 e. The number of ether oxygens (including phenoxy) is 1. The van der Waals surface area contributed by atoms with Crippen molar-refractivity contribution in [3.8, 4) is 22.9 Å². The van der Waals surface area contributed by atoms with E-state index in [1.807, 2.05) is 6.07 Å². The van der Waals surface area contributed by atoms with Gasteiger partial charge in [0.25, 0.3) is 5.91 Å². The third kappa shape index (κ3) is 3.88.